The van der Waals surface area contributed by atoms with Gasteiger partial charge in [0, 0.05) is 31.4 Å². The van der Waals surface area contributed by atoms with Crippen molar-refractivity contribution in [3.05, 3.63) is 89.0 Å². The summed E-state index contributed by atoms with van der Waals surface area (Å²) < 4.78 is 60.9. The molecular weight excluding hydrogens is 628 g/mol. The Kier molecular flexibility index (Phi) is 15.0. The molecule has 258 valence electrons. The van der Waals surface area contributed by atoms with Gasteiger partial charge in [-0.3, -0.25) is 4.79 Å². The Morgan fingerprint density at radius 1 is 1.00 bits per heavy atom. The van der Waals surface area contributed by atoms with E-state index in [1.807, 2.05) is 45.0 Å². The fourth-order valence-corrected chi connectivity index (χ4v) is 7.59. The molecule has 1 heterocycles. The van der Waals surface area contributed by atoms with Gasteiger partial charge in [-0.1, -0.05) is 57.9 Å². The van der Waals surface area contributed by atoms with Crippen LogP contribution in [0.15, 0.2) is 55.0 Å². The SMILES string of the molecule is CCCC(CCC)S(=O)(=O)CC(NC(=O)Cc1c[nH]cn1)C(=O)O[C@H](CNCc1cccc(CC)c1)[C@@H](N)Cc1cc(F)cc(F)c1. The van der Waals surface area contributed by atoms with Crippen LogP contribution in [0.5, 0.6) is 0 Å². The van der Waals surface area contributed by atoms with E-state index in [1.54, 1.807) is 0 Å². The summed E-state index contributed by atoms with van der Waals surface area (Å²) in [6.45, 7) is 6.29. The van der Waals surface area contributed by atoms with Crippen LogP contribution in [-0.4, -0.2) is 66.0 Å². The van der Waals surface area contributed by atoms with Gasteiger partial charge in [-0.05, 0) is 54.5 Å². The van der Waals surface area contributed by atoms with Crippen LogP contribution in [0, 0.1) is 11.6 Å². The lowest BCUT2D eigenvalue weighted by molar-refractivity contribution is -0.153. The number of amides is 1. The number of hydrogen-bond donors (Lipinski definition) is 4. The topological polar surface area (TPSA) is 156 Å². The lowest BCUT2D eigenvalue weighted by Gasteiger charge is -2.28. The first-order valence-corrected chi connectivity index (χ1v) is 17.8. The summed E-state index contributed by atoms with van der Waals surface area (Å²) in [5.41, 5.74) is 9.30. The Labute approximate surface area is 276 Å². The standard InChI is InChI=1S/C34H47F2N5O5S/c1-4-8-29(9-5-2)47(44,45)21-31(41-33(42)17-28-19-39-22-40-28)34(43)46-32(20-38-18-24-11-7-10-23(6-3)12-24)30(37)15-25-13-26(35)16-27(36)14-25/h7,10-14,16,19,22,29-32,38H,4-6,8-9,15,17-18,20-21,37H2,1-3H3,(H,39,40)(H,41,42)/t30-,31?,32+/m0/s1. The highest BCUT2D eigenvalue weighted by molar-refractivity contribution is 7.92. The number of imidazole rings is 1. The Balaban J connectivity index is 1.85. The molecule has 0 aliphatic heterocycles. The zero-order valence-corrected chi connectivity index (χ0v) is 28.1. The molecule has 3 atom stereocenters. The van der Waals surface area contributed by atoms with Crippen molar-refractivity contribution < 1.29 is 31.5 Å². The van der Waals surface area contributed by atoms with E-state index in [1.165, 1.54) is 12.5 Å². The molecule has 0 fully saturated rings. The molecule has 0 aliphatic rings. The third kappa shape index (κ3) is 12.5. The summed E-state index contributed by atoms with van der Waals surface area (Å²) >= 11 is 0. The van der Waals surface area contributed by atoms with Gasteiger partial charge in [-0.15, -0.1) is 0 Å². The predicted octanol–water partition coefficient (Wildman–Crippen LogP) is 3.93. The molecule has 1 amide bonds. The van der Waals surface area contributed by atoms with Crippen LogP contribution in [-0.2, 0) is 50.0 Å². The van der Waals surface area contributed by atoms with Gasteiger partial charge in [-0.25, -0.2) is 27.0 Å². The van der Waals surface area contributed by atoms with E-state index >= 15 is 0 Å². The number of rotatable bonds is 20. The maximum Gasteiger partial charge on any atom is 0.330 e. The quantitative estimate of drug-likeness (QED) is 0.131. The average Bonchev–Trinajstić information content (AvgIpc) is 3.52. The van der Waals surface area contributed by atoms with Gasteiger partial charge in [0.15, 0.2) is 9.84 Å². The van der Waals surface area contributed by atoms with Crippen LogP contribution >= 0.6 is 0 Å². The molecule has 0 saturated carbocycles. The van der Waals surface area contributed by atoms with Crippen LogP contribution in [0.25, 0.3) is 0 Å². The molecule has 0 radical (unpaired) electrons. The number of ether oxygens (including phenoxy) is 1. The first kappa shape index (κ1) is 37.8. The van der Waals surface area contributed by atoms with Gasteiger partial charge in [0.25, 0.3) is 0 Å². The van der Waals surface area contributed by atoms with E-state index in [0.29, 0.717) is 37.9 Å². The molecule has 1 aromatic heterocycles. The van der Waals surface area contributed by atoms with Gasteiger partial charge in [-0.2, -0.15) is 0 Å². The molecule has 0 bridgehead atoms. The van der Waals surface area contributed by atoms with Crippen molar-refractivity contribution in [1.29, 1.82) is 0 Å². The highest BCUT2D eigenvalue weighted by Gasteiger charge is 2.35. The number of hydrogen-bond acceptors (Lipinski definition) is 8. The van der Waals surface area contributed by atoms with Gasteiger partial charge >= 0.3 is 5.97 Å². The normalized spacial score (nSPS) is 13.7. The zero-order chi connectivity index (χ0) is 34.4. The van der Waals surface area contributed by atoms with Crippen LogP contribution < -0.4 is 16.4 Å². The number of H-pyrrole nitrogens is 1. The molecule has 0 aliphatic carbocycles. The van der Waals surface area contributed by atoms with E-state index in [2.05, 4.69) is 20.6 Å². The molecule has 3 aromatic rings. The number of halogens is 2. The molecule has 0 saturated heterocycles. The third-order valence-corrected chi connectivity index (χ3v) is 10.1. The van der Waals surface area contributed by atoms with Crippen LogP contribution in [0.3, 0.4) is 0 Å². The van der Waals surface area contributed by atoms with E-state index in [0.717, 1.165) is 35.7 Å². The number of aromatic amines is 1. The van der Waals surface area contributed by atoms with Crippen molar-refractivity contribution in [3.8, 4) is 0 Å². The minimum absolute atomic E-state index is 0.0385. The molecule has 5 N–H and O–H groups in total. The minimum Gasteiger partial charge on any atom is -0.458 e. The lowest BCUT2D eigenvalue weighted by Crippen LogP contribution is -2.52. The highest BCUT2D eigenvalue weighted by Crippen LogP contribution is 2.18. The van der Waals surface area contributed by atoms with Crippen molar-refractivity contribution in [2.45, 2.75) is 95.7 Å². The van der Waals surface area contributed by atoms with E-state index in [9.17, 15) is 26.8 Å². The average molecular weight is 676 g/mol. The summed E-state index contributed by atoms with van der Waals surface area (Å²) in [6.07, 6.45) is 4.62. The second-order valence-electron chi connectivity index (χ2n) is 11.8. The summed E-state index contributed by atoms with van der Waals surface area (Å²) in [6, 6.07) is 8.55. The smallest absolute Gasteiger partial charge is 0.330 e. The number of benzene rings is 2. The Hall–Kier alpha value is -3.68. The largest absolute Gasteiger partial charge is 0.458 e. The molecule has 1 unspecified atom stereocenters. The number of nitrogens with one attached hydrogen (secondary N) is 3. The Bertz CT molecular complexity index is 1510. The highest BCUT2D eigenvalue weighted by atomic mass is 32.2. The van der Waals surface area contributed by atoms with Crippen molar-refractivity contribution in [3.63, 3.8) is 0 Å². The molecular formula is C34H47F2N5O5S. The fraction of sp³-hybridized carbons (Fsp3) is 0.500. The fourth-order valence-electron chi connectivity index (χ4n) is 5.44. The molecule has 2 aromatic carbocycles. The maximum absolute atomic E-state index is 14.0. The monoisotopic (exact) mass is 675 g/mol. The number of sulfone groups is 1. The van der Waals surface area contributed by atoms with E-state index < -0.39 is 62.5 Å². The number of carbonyl (C=O) groups is 2. The number of nitrogens with zero attached hydrogens (tertiary/aromatic N) is 1. The summed E-state index contributed by atoms with van der Waals surface area (Å²) in [7, 11) is -3.84. The second kappa shape index (κ2) is 18.6. The number of nitrogens with two attached hydrogens (primary N) is 1. The van der Waals surface area contributed by atoms with E-state index in [4.69, 9.17) is 10.5 Å². The van der Waals surface area contributed by atoms with Gasteiger partial charge in [0.2, 0.25) is 5.91 Å². The third-order valence-electron chi connectivity index (χ3n) is 7.86. The number of esters is 1. The number of aromatic nitrogens is 2. The minimum atomic E-state index is -3.84. The van der Waals surface area contributed by atoms with Crippen LogP contribution in [0.1, 0.15) is 68.8 Å². The van der Waals surface area contributed by atoms with E-state index in [-0.39, 0.29) is 24.9 Å². The second-order valence-corrected chi connectivity index (χ2v) is 14.1. The predicted molar refractivity (Wildman–Crippen MR) is 177 cm³/mol. The number of aryl methyl sites for hydroxylation is 1. The molecule has 10 nitrogen and oxygen atoms in total. The van der Waals surface area contributed by atoms with Gasteiger partial charge in [0.05, 0.1) is 29.4 Å². The van der Waals surface area contributed by atoms with Crippen molar-refractivity contribution in [2.75, 3.05) is 12.3 Å². The van der Waals surface area contributed by atoms with Crippen LogP contribution in [0.2, 0.25) is 0 Å². The van der Waals surface area contributed by atoms with Gasteiger partial charge < -0.3 is 26.1 Å². The van der Waals surface area contributed by atoms with Crippen molar-refractivity contribution >= 4 is 21.7 Å². The summed E-state index contributed by atoms with van der Waals surface area (Å²) in [5, 5.41) is 5.10. The Morgan fingerprint density at radius 3 is 2.30 bits per heavy atom. The summed E-state index contributed by atoms with van der Waals surface area (Å²) in [5.74, 6) is -3.78. The number of carbonyl (C=O) groups excluding carboxylic acids is 2. The first-order valence-electron chi connectivity index (χ1n) is 16.1. The molecule has 0 spiro atoms. The molecule has 47 heavy (non-hydrogen) atoms. The maximum atomic E-state index is 14.0. The molecule has 13 heteroatoms. The zero-order valence-electron chi connectivity index (χ0n) is 27.3. The Morgan fingerprint density at radius 2 is 1.68 bits per heavy atom. The van der Waals surface area contributed by atoms with Crippen molar-refractivity contribution in [2.24, 2.45) is 5.73 Å². The lowest BCUT2D eigenvalue weighted by atomic mass is 10.0. The van der Waals surface area contributed by atoms with Crippen LogP contribution in [0.4, 0.5) is 8.78 Å². The summed E-state index contributed by atoms with van der Waals surface area (Å²) in [4.78, 5) is 33.5. The first-order chi connectivity index (χ1) is 22.4. The van der Waals surface area contributed by atoms with Gasteiger partial charge in [0.1, 0.15) is 23.8 Å². The van der Waals surface area contributed by atoms with Crippen molar-refractivity contribution in [1.82, 2.24) is 20.6 Å². The molecule has 3 rings (SSSR count).